The molecule has 1 aromatic heterocycles. The summed E-state index contributed by atoms with van der Waals surface area (Å²) in [6.45, 7) is 0.696. The van der Waals surface area contributed by atoms with Gasteiger partial charge in [0, 0.05) is 25.1 Å². The van der Waals surface area contributed by atoms with Crippen molar-refractivity contribution in [2.75, 3.05) is 4.72 Å². The second-order valence-electron chi connectivity index (χ2n) is 7.74. The number of anilines is 1. The number of rotatable bonds is 7. The summed E-state index contributed by atoms with van der Waals surface area (Å²) in [5.41, 5.74) is 1.13. The molecule has 1 aliphatic rings. The molecule has 3 aromatic rings. The predicted octanol–water partition coefficient (Wildman–Crippen LogP) is 3.63. The van der Waals surface area contributed by atoms with Crippen LogP contribution in [0.15, 0.2) is 47.4 Å². The third-order valence-electron chi connectivity index (χ3n) is 5.43. The number of hydrogen-bond donors (Lipinski definition) is 2. The Labute approximate surface area is 185 Å². The summed E-state index contributed by atoms with van der Waals surface area (Å²) in [6, 6.07) is 10.00. The molecule has 2 heterocycles. The van der Waals surface area contributed by atoms with Crippen LogP contribution in [-0.2, 0) is 34.2 Å². The van der Waals surface area contributed by atoms with Crippen molar-refractivity contribution in [2.24, 2.45) is 0 Å². The number of aliphatic carboxylic acids is 1. The van der Waals surface area contributed by atoms with Gasteiger partial charge in [0.25, 0.3) is 10.0 Å². The summed E-state index contributed by atoms with van der Waals surface area (Å²) in [5, 5.41) is 17.1. The molecule has 0 aliphatic carbocycles. The maximum Gasteiger partial charge on any atom is 0.303 e. The first-order chi connectivity index (χ1) is 15.3. The number of hydrogen-bond acceptors (Lipinski definition) is 5. The average molecular weight is 459 g/mol. The summed E-state index contributed by atoms with van der Waals surface area (Å²) in [5.74, 6) is -0.218. The zero-order valence-corrected chi connectivity index (χ0v) is 18.1. The molecule has 0 atom stereocenters. The second kappa shape index (κ2) is 9.07. The highest BCUT2D eigenvalue weighted by molar-refractivity contribution is 7.92. The number of aryl methyl sites for hydroxylation is 2. The predicted molar refractivity (Wildman–Crippen MR) is 116 cm³/mol. The monoisotopic (exact) mass is 458 g/mol. The number of nitrogens with one attached hydrogen (secondary N) is 1. The molecule has 10 heteroatoms. The number of carboxylic acids is 1. The van der Waals surface area contributed by atoms with E-state index >= 15 is 0 Å². The number of fused-ring (bicyclic) bond motifs is 1. The van der Waals surface area contributed by atoms with Crippen molar-refractivity contribution in [3.8, 4) is 11.4 Å². The van der Waals surface area contributed by atoms with Gasteiger partial charge >= 0.3 is 5.97 Å². The summed E-state index contributed by atoms with van der Waals surface area (Å²) in [7, 11) is -3.91. The van der Waals surface area contributed by atoms with Crippen molar-refractivity contribution in [3.05, 3.63) is 59.7 Å². The quantitative estimate of drug-likeness (QED) is 0.559. The van der Waals surface area contributed by atoms with Gasteiger partial charge in [-0.2, -0.15) is 0 Å². The van der Waals surface area contributed by atoms with Crippen LogP contribution in [0.5, 0.6) is 0 Å². The van der Waals surface area contributed by atoms with Crippen LogP contribution in [0.2, 0.25) is 0 Å². The molecule has 0 unspecified atom stereocenters. The third kappa shape index (κ3) is 4.80. The topological polar surface area (TPSA) is 114 Å². The zero-order valence-electron chi connectivity index (χ0n) is 17.3. The van der Waals surface area contributed by atoms with E-state index in [1.54, 1.807) is 12.1 Å². The van der Waals surface area contributed by atoms with Crippen LogP contribution in [0.1, 0.15) is 37.1 Å². The van der Waals surface area contributed by atoms with E-state index in [1.807, 2.05) is 4.57 Å². The number of carboxylic acid groups (broad SMARTS) is 1. The molecule has 0 bridgehead atoms. The average Bonchev–Trinajstić information content (AvgIpc) is 3.01. The Bertz CT molecular complexity index is 1240. The van der Waals surface area contributed by atoms with Crippen LogP contribution in [0, 0.1) is 5.82 Å². The van der Waals surface area contributed by atoms with Crippen LogP contribution < -0.4 is 4.72 Å². The van der Waals surface area contributed by atoms with Crippen molar-refractivity contribution in [1.82, 2.24) is 14.8 Å². The molecule has 0 amide bonds. The van der Waals surface area contributed by atoms with Crippen LogP contribution in [0.25, 0.3) is 11.4 Å². The number of halogens is 1. The Morgan fingerprint density at radius 1 is 1.09 bits per heavy atom. The van der Waals surface area contributed by atoms with Gasteiger partial charge in [-0.3, -0.25) is 9.52 Å². The molecule has 1 aliphatic heterocycles. The first kappa shape index (κ1) is 21.9. The summed E-state index contributed by atoms with van der Waals surface area (Å²) in [6.07, 6.45) is 4.09. The highest BCUT2D eigenvalue weighted by Crippen LogP contribution is 2.28. The van der Waals surface area contributed by atoms with Crippen LogP contribution in [0.4, 0.5) is 10.1 Å². The number of nitrogens with zero attached hydrogens (tertiary/aromatic N) is 3. The molecule has 2 N–H and O–H groups in total. The van der Waals surface area contributed by atoms with Crippen molar-refractivity contribution >= 4 is 21.7 Å². The Kier molecular flexibility index (Phi) is 6.22. The minimum Gasteiger partial charge on any atom is -0.481 e. The van der Waals surface area contributed by atoms with Gasteiger partial charge in [0.2, 0.25) is 0 Å². The Morgan fingerprint density at radius 2 is 1.88 bits per heavy atom. The molecule has 0 fully saturated rings. The van der Waals surface area contributed by atoms with Gasteiger partial charge in [-0.25, -0.2) is 12.8 Å². The number of aromatic nitrogens is 3. The molecule has 32 heavy (non-hydrogen) atoms. The van der Waals surface area contributed by atoms with Crippen LogP contribution in [-0.4, -0.2) is 34.3 Å². The second-order valence-corrected chi connectivity index (χ2v) is 9.42. The lowest BCUT2D eigenvalue weighted by Gasteiger charge is -2.12. The minimum absolute atomic E-state index is 0.0267. The largest absolute Gasteiger partial charge is 0.481 e. The van der Waals surface area contributed by atoms with Gasteiger partial charge in [-0.05, 0) is 55.2 Å². The molecule has 4 rings (SSSR count). The summed E-state index contributed by atoms with van der Waals surface area (Å²) < 4.78 is 44.6. The lowest BCUT2D eigenvalue weighted by Crippen LogP contribution is -2.13. The zero-order chi connectivity index (χ0) is 22.7. The van der Waals surface area contributed by atoms with E-state index < -0.39 is 21.8 Å². The van der Waals surface area contributed by atoms with E-state index in [0.717, 1.165) is 37.1 Å². The van der Waals surface area contributed by atoms with Gasteiger partial charge in [-0.1, -0.05) is 18.6 Å². The summed E-state index contributed by atoms with van der Waals surface area (Å²) >= 11 is 0. The highest BCUT2D eigenvalue weighted by atomic mass is 32.2. The van der Waals surface area contributed by atoms with E-state index in [-0.39, 0.29) is 22.6 Å². The van der Waals surface area contributed by atoms with Gasteiger partial charge in [0.05, 0.1) is 10.5 Å². The number of benzene rings is 2. The Hall–Kier alpha value is -3.27. The molecule has 0 saturated carbocycles. The normalized spacial score (nSPS) is 13.9. The maximum absolute atomic E-state index is 14.6. The molecule has 0 saturated heterocycles. The lowest BCUT2D eigenvalue weighted by atomic mass is 10.1. The molecule has 8 nitrogen and oxygen atoms in total. The smallest absolute Gasteiger partial charge is 0.303 e. The fourth-order valence-electron chi connectivity index (χ4n) is 3.75. The molecule has 0 radical (unpaired) electrons. The van der Waals surface area contributed by atoms with Gasteiger partial charge in [-0.15, -0.1) is 10.2 Å². The van der Waals surface area contributed by atoms with E-state index in [9.17, 15) is 17.6 Å². The van der Waals surface area contributed by atoms with Crippen molar-refractivity contribution < 1.29 is 22.7 Å². The maximum atomic E-state index is 14.6. The van der Waals surface area contributed by atoms with Crippen LogP contribution in [0.3, 0.4) is 0 Å². The fraction of sp³-hybridized carbons (Fsp3) is 0.318. The molecular weight excluding hydrogens is 435 g/mol. The van der Waals surface area contributed by atoms with E-state index in [0.29, 0.717) is 18.8 Å². The van der Waals surface area contributed by atoms with E-state index in [4.69, 9.17) is 5.11 Å². The SMILES string of the molecule is O=C(O)CCc1ccc(S(=O)(=O)Nc2ccc(F)c(-c3nnc4n3CCCCC4)c2)cc1. The van der Waals surface area contributed by atoms with Crippen molar-refractivity contribution in [3.63, 3.8) is 0 Å². The van der Waals surface area contributed by atoms with E-state index in [1.165, 1.54) is 30.3 Å². The summed E-state index contributed by atoms with van der Waals surface area (Å²) in [4.78, 5) is 10.7. The molecule has 0 spiro atoms. The van der Waals surface area contributed by atoms with Gasteiger partial charge < -0.3 is 9.67 Å². The highest BCUT2D eigenvalue weighted by Gasteiger charge is 2.20. The van der Waals surface area contributed by atoms with E-state index in [2.05, 4.69) is 14.9 Å². The Morgan fingerprint density at radius 3 is 2.62 bits per heavy atom. The van der Waals surface area contributed by atoms with Gasteiger partial charge in [0.15, 0.2) is 5.82 Å². The standard InChI is InChI=1S/C22H23FN4O4S/c23-19-11-8-16(14-18(19)22-25-24-20-4-2-1-3-13-27(20)22)26-32(30,31)17-9-5-15(6-10-17)7-12-21(28)29/h5-6,8-11,14,26H,1-4,7,12-13H2,(H,28,29). The molecular formula is C22H23FN4O4S. The first-order valence-corrected chi connectivity index (χ1v) is 11.9. The molecule has 2 aromatic carbocycles. The molecule has 168 valence electrons. The fourth-order valence-corrected chi connectivity index (χ4v) is 4.79. The van der Waals surface area contributed by atoms with Crippen molar-refractivity contribution in [1.29, 1.82) is 0 Å². The van der Waals surface area contributed by atoms with Crippen molar-refractivity contribution in [2.45, 2.75) is 50.0 Å². The Balaban J connectivity index is 1.58. The van der Waals surface area contributed by atoms with Crippen LogP contribution >= 0.6 is 0 Å². The number of carbonyl (C=O) groups is 1. The third-order valence-corrected chi connectivity index (χ3v) is 6.83. The lowest BCUT2D eigenvalue weighted by molar-refractivity contribution is -0.136. The van der Waals surface area contributed by atoms with Gasteiger partial charge in [0.1, 0.15) is 11.6 Å². The minimum atomic E-state index is -3.91. The first-order valence-electron chi connectivity index (χ1n) is 10.4. The number of sulfonamides is 1.